The van der Waals surface area contributed by atoms with Crippen LogP contribution in [0.25, 0.3) is 180 Å². The molecule has 10 aromatic heterocycles. The molecule has 24 aromatic rings. The smallest absolute Gasteiger partial charge is 0.294 e. The van der Waals surface area contributed by atoms with Crippen molar-refractivity contribution in [3.63, 3.8) is 0 Å². The van der Waals surface area contributed by atoms with Crippen molar-refractivity contribution in [3.05, 3.63) is 385 Å². The Balaban J connectivity index is 0.000000116. The molecule has 14 aromatic carbocycles. The molecule has 6 N–H and O–H groups in total. The summed E-state index contributed by atoms with van der Waals surface area (Å²) in [6.45, 7) is 8.15. The molecule has 0 saturated heterocycles. The third kappa shape index (κ3) is 20.5. The Morgan fingerprint density at radius 2 is 0.662 bits per heavy atom. The van der Waals surface area contributed by atoms with Gasteiger partial charge in [0.1, 0.15) is 51.4 Å². The van der Waals surface area contributed by atoms with Gasteiger partial charge in [-0.3, -0.25) is 13.7 Å². The molecule has 0 spiro atoms. The van der Waals surface area contributed by atoms with E-state index in [1.165, 1.54) is 42.5 Å². The summed E-state index contributed by atoms with van der Waals surface area (Å²) in [5.41, 5.74) is 22.8. The summed E-state index contributed by atoms with van der Waals surface area (Å²) >= 11 is -5.40. The average Bonchev–Trinajstić information content (AvgIpc) is 1.67. The van der Waals surface area contributed by atoms with Crippen molar-refractivity contribution < 1.29 is 78.1 Å². The van der Waals surface area contributed by atoms with Gasteiger partial charge in [0.2, 0.25) is 5.89 Å². The van der Waals surface area contributed by atoms with Crippen molar-refractivity contribution in [2.24, 2.45) is 0 Å². The lowest BCUT2D eigenvalue weighted by molar-refractivity contribution is 0.439. The third-order valence-electron chi connectivity index (χ3n) is 24.2. The standard InChI is InChI=1S/C34H26N4O6S2.C33H26N4O4S.C22H16N2O4S.C19H14N4O4S/c39-45(40)44-27-15-17-29-31(19-27)37(21-23-7-3-1-4-8-23)33(35-29)25-11-13-26(14-12-25)34-36-30-18-16-28(46(41,42)43)20-32(30)38(34)22-24-9-5-2-6-10-24;1-22-12-14-26-28(18-22)36(20-23-8-4-2-5-9-23)32(34-26)30-16-17-31(40-30)33-35-27-15-13-25(41-42(38)39)19-29(27)37(33)21-24-10-6-3-7-11-24;1-13-2-9-18-21(10-13)28-22(24-18)15-5-3-14(4-6-15)19-11-16-7-8-17(29(25,26)27)12-20(16)23-19;1-10-2-4-12-14(8-10)22-18(20-12)16-6-7-17(27-16)19-21-13-5-3-11(28(24,25)26)9-15(13)23-19/h1-20H,21-22H2,(H,39,40)(H,41,42,43);2-19H,20-21H2,1H3,(H,38,39);2-12,23H,1H3,(H,25,26,27);2-9H,1H3,(H,20,22)(H,21,23)(H,24,25,26)/p-2. The van der Waals surface area contributed by atoms with E-state index in [4.69, 9.17) is 41.6 Å². The minimum Gasteiger partial charge on any atom is -0.740 e. The van der Waals surface area contributed by atoms with Crippen LogP contribution < -0.4 is 8.37 Å². The van der Waals surface area contributed by atoms with Gasteiger partial charge in [0.05, 0.1) is 80.9 Å². The summed E-state index contributed by atoms with van der Waals surface area (Å²) in [5.74, 6) is 6.90. The second kappa shape index (κ2) is 39.1. The monoisotopic (exact) mass is 2020 g/mol. The Bertz CT molecular complexity index is 9490. The number of benzene rings is 14. The first-order valence-electron chi connectivity index (χ1n) is 45.0. The van der Waals surface area contributed by atoms with E-state index in [0.717, 1.165) is 117 Å². The Morgan fingerprint density at radius 1 is 0.310 bits per heavy atom. The van der Waals surface area contributed by atoms with E-state index in [0.29, 0.717) is 128 Å². The van der Waals surface area contributed by atoms with Crippen LogP contribution in [0, 0.1) is 20.8 Å². The summed E-state index contributed by atoms with van der Waals surface area (Å²) in [6.07, 6.45) is 0. The zero-order valence-electron chi connectivity index (χ0n) is 76.7. The molecule has 0 aliphatic heterocycles. The summed E-state index contributed by atoms with van der Waals surface area (Å²) in [6, 6.07) is 106. The number of aromatic amines is 3. The van der Waals surface area contributed by atoms with E-state index in [9.17, 15) is 56.4 Å². The number of furan rings is 2. The van der Waals surface area contributed by atoms with Crippen LogP contribution in [-0.2, 0) is 79.3 Å². The van der Waals surface area contributed by atoms with Crippen LogP contribution in [0.1, 0.15) is 38.9 Å². The zero-order valence-corrected chi connectivity index (χ0v) is 80.7. The van der Waals surface area contributed by atoms with Crippen molar-refractivity contribution in [1.82, 2.24) is 68.1 Å². The normalized spacial score (nSPS) is 12.3. The molecule has 32 nitrogen and oxygen atoms in total. The largest absolute Gasteiger partial charge is 0.740 e. The van der Waals surface area contributed by atoms with Crippen molar-refractivity contribution in [3.8, 4) is 103 Å². The third-order valence-corrected chi connectivity index (χ3v) is 27.4. The SMILES string of the molecule is Cc1ccc2nc(-c3ccc(-c4cc5ccc(S(=O)(=O)O)cc5[nH]4)cc3)oc2c1.Cc1ccc2nc(-c3ccc(-c4nc5ccc(OS(=O)[O-])cc5n4Cc4ccccc4)o3)n(Cc3ccccc3)c2c1.Cc1ccc2nc(-c3ccc(-c4nc5ccc(S(=O)(=O)O)cc5[nH]4)o3)[nH]c2c1.O=S([O-])Oc1ccc2nc(-c3ccc(-c4nc5ccc(S(=O)(=O)O)cc5n4Cc4ccccc4)cc3)n(Cc3ccccc3)c2c1. The predicted octanol–water partition coefficient (Wildman–Crippen LogP) is 22.2. The highest BCUT2D eigenvalue weighted by atomic mass is 32.2. The van der Waals surface area contributed by atoms with Crippen LogP contribution in [-0.4, -0.2) is 125 Å². The first-order valence-corrected chi connectivity index (χ1v) is 51.3. The van der Waals surface area contributed by atoms with E-state index < -0.39 is 53.1 Å². The minimum atomic E-state index is -4.41. The lowest BCUT2D eigenvalue weighted by Gasteiger charge is -2.12. The fourth-order valence-electron chi connectivity index (χ4n) is 17.3. The number of aryl methyl sites for hydroxylation is 3. The molecular weight excluding hydrogens is 1940 g/mol. The Morgan fingerprint density at radius 3 is 1.13 bits per heavy atom. The number of hydrogen-bond donors (Lipinski definition) is 6. The number of nitrogens with one attached hydrogen (secondary N) is 3. The minimum absolute atomic E-state index is 0.139. The zero-order chi connectivity index (χ0) is 100. The number of H-pyrrole nitrogens is 3. The van der Waals surface area contributed by atoms with E-state index in [1.807, 2.05) is 246 Å². The number of rotatable bonds is 23. The summed E-state index contributed by atoms with van der Waals surface area (Å²) < 4.78 is 178. The molecular formula is C108H80N14O18S5-2. The van der Waals surface area contributed by atoms with Crippen molar-refractivity contribution in [1.29, 1.82) is 0 Å². The number of nitrogens with zero attached hydrogens (tertiary/aromatic N) is 11. The average molecular weight is 2020 g/mol. The van der Waals surface area contributed by atoms with Crippen LogP contribution in [0.2, 0.25) is 0 Å². The van der Waals surface area contributed by atoms with Gasteiger partial charge in [0, 0.05) is 71.6 Å². The topological polar surface area (TPSA) is 459 Å². The molecule has 0 amide bonds. The molecule has 0 fully saturated rings. The molecule has 0 radical (unpaired) electrons. The summed E-state index contributed by atoms with van der Waals surface area (Å²) in [5, 5.41) is 0.853. The van der Waals surface area contributed by atoms with E-state index in [1.54, 1.807) is 60.7 Å². The molecule has 2 atom stereocenters. The maximum Gasteiger partial charge on any atom is 0.294 e. The second-order valence-electron chi connectivity index (χ2n) is 34.2. The fraction of sp³-hybridized carbons (Fsp3) is 0.0648. The maximum atomic E-state index is 12.0. The van der Waals surface area contributed by atoms with E-state index in [2.05, 4.69) is 65.7 Å². The number of fused-ring (bicyclic) bond motifs is 8. The Labute approximate surface area is 831 Å². The summed E-state index contributed by atoms with van der Waals surface area (Å²) in [7, 11) is -12.9. The number of imidazole rings is 6. The highest BCUT2D eigenvalue weighted by Gasteiger charge is 2.26. The van der Waals surface area contributed by atoms with E-state index >= 15 is 0 Å². The van der Waals surface area contributed by atoms with Crippen LogP contribution in [0.5, 0.6) is 11.5 Å². The van der Waals surface area contributed by atoms with Gasteiger partial charge in [-0.2, -0.15) is 25.3 Å². The van der Waals surface area contributed by atoms with Gasteiger partial charge in [0.25, 0.3) is 30.4 Å². The van der Waals surface area contributed by atoms with Crippen molar-refractivity contribution >= 4 is 141 Å². The molecule has 2 unspecified atom stereocenters. The van der Waals surface area contributed by atoms with Gasteiger partial charge in [-0.25, -0.2) is 43.3 Å². The highest BCUT2D eigenvalue weighted by molar-refractivity contribution is 7.86. The molecule has 10 heterocycles. The van der Waals surface area contributed by atoms with Crippen LogP contribution in [0.3, 0.4) is 0 Å². The molecule has 145 heavy (non-hydrogen) atoms. The van der Waals surface area contributed by atoms with Crippen molar-refractivity contribution in [2.75, 3.05) is 0 Å². The number of aromatic nitrogens is 14. The van der Waals surface area contributed by atoms with Gasteiger partial charge < -0.3 is 63.9 Å². The lowest BCUT2D eigenvalue weighted by atomic mass is 10.1. The lowest BCUT2D eigenvalue weighted by Crippen LogP contribution is -2.04. The molecule has 24 rings (SSSR count). The highest BCUT2D eigenvalue weighted by Crippen LogP contribution is 2.40. The molecule has 37 heteroatoms. The Kier molecular flexibility index (Phi) is 25.4. The molecule has 0 aliphatic carbocycles. The Hall–Kier alpha value is -17.0. The molecule has 0 aliphatic rings. The van der Waals surface area contributed by atoms with Gasteiger partial charge >= 0.3 is 0 Å². The van der Waals surface area contributed by atoms with Gasteiger partial charge in [-0.1, -0.05) is 182 Å². The van der Waals surface area contributed by atoms with Crippen molar-refractivity contribution in [2.45, 2.75) is 61.6 Å². The summed E-state index contributed by atoms with van der Waals surface area (Å²) in [4.78, 5) is 42.0. The van der Waals surface area contributed by atoms with Gasteiger partial charge in [-0.05, 0) is 217 Å². The van der Waals surface area contributed by atoms with Crippen LogP contribution in [0.4, 0.5) is 0 Å². The van der Waals surface area contributed by atoms with Crippen LogP contribution in [0.15, 0.2) is 374 Å². The van der Waals surface area contributed by atoms with Crippen LogP contribution >= 0.6 is 0 Å². The molecule has 722 valence electrons. The number of oxazole rings is 1. The second-order valence-corrected chi connectivity index (χ2v) is 39.7. The number of hydrogen-bond acceptors (Lipinski definition) is 22. The first-order chi connectivity index (χ1) is 70.0. The predicted molar refractivity (Wildman–Crippen MR) is 551 cm³/mol. The fourth-order valence-corrected chi connectivity index (χ4v) is 19.3. The molecule has 0 saturated carbocycles. The molecule has 0 bridgehead atoms. The van der Waals surface area contributed by atoms with E-state index in [-0.39, 0.29) is 26.2 Å². The first kappa shape index (κ1) is 94.3. The maximum absolute atomic E-state index is 12.0. The van der Waals surface area contributed by atoms with Gasteiger partial charge in [0.15, 0.2) is 51.9 Å². The quantitative estimate of drug-likeness (QED) is 0.0256. The van der Waals surface area contributed by atoms with Gasteiger partial charge in [-0.15, -0.1) is 0 Å².